The Hall–Kier alpha value is -2.29. The quantitative estimate of drug-likeness (QED) is 0.784. The molecule has 0 spiro atoms. The summed E-state index contributed by atoms with van der Waals surface area (Å²) in [6.45, 7) is 12.5. The van der Waals surface area contributed by atoms with E-state index in [0.29, 0.717) is 5.75 Å². The maximum Gasteiger partial charge on any atom is 0.207 e. The van der Waals surface area contributed by atoms with Crippen LogP contribution in [0.15, 0.2) is 42.5 Å². The number of aromatic hydroxyl groups is 1. The molecular weight excluding hydrogens is 310 g/mol. The minimum absolute atomic E-state index is 0.206. The molecule has 134 valence electrons. The van der Waals surface area contributed by atoms with E-state index >= 15 is 0 Å². The monoisotopic (exact) mass is 339 g/mol. The molecule has 0 aromatic heterocycles. The zero-order valence-electron chi connectivity index (χ0n) is 16.1. The standard InChI is InChI=1S/C22H29NO2/c1-21(2,3)17-12-16(13-18(20(17)25)22(4,5)6)19(23-14-24)15-10-8-7-9-11-15/h7-14,19,25H,1-6H3,(H,23,24). The first-order valence-corrected chi connectivity index (χ1v) is 8.68. The molecule has 0 fully saturated rings. The van der Waals surface area contributed by atoms with Crippen LogP contribution in [0, 0.1) is 0 Å². The number of hydrogen-bond donors (Lipinski definition) is 2. The van der Waals surface area contributed by atoms with Crippen LogP contribution in [0.4, 0.5) is 0 Å². The molecule has 0 heterocycles. The summed E-state index contributed by atoms with van der Waals surface area (Å²) < 4.78 is 0. The van der Waals surface area contributed by atoms with Crippen molar-refractivity contribution in [2.75, 3.05) is 0 Å². The van der Waals surface area contributed by atoms with E-state index in [1.54, 1.807) is 0 Å². The molecule has 0 saturated carbocycles. The molecule has 1 atom stereocenters. The third kappa shape index (κ3) is 4.22. The molecule has 0 aliphatic rings. The minimum atomic E-state index is -0.249. The Morgan fingerprint density at radius 3 is 1.76 bits per heavy atom. The van der Waals surface area contributed by atoms with Crippen LogP contribution in [0.1, 0.15) is 69.8 Å². The molecule has 0 radical (unpaired) electrons. The van der Waals surface area contributed by atoms with Crippen LogP contribution in [0.5, 0.6) is 5.75 Å². The van der Waals surface area contributed by atoms with Crippen LogP contribution < -0.4 is 5.32 Å². The molecule has 3 nitrogen and oxygen atoms in total. The fourth-order valence-electron chi connectivity index (χ4n) is 3.07. The van der Waals surface area contributed by atoms with Gasteiger partial charge in [-0.25, -0.2) is 0 Å². The summed E-state index contributed by atoms with van der Waals surface area (Å²) >= 11 is 0. The summed E-state index contributed by atoms with van der Waals surface area (Å²) in [6, 6.07) is 13.7. The molecule has 2 N–H and O–H groups in total. The number of carbonyl (C=O) groups excluding carboxylic acids is 1. The summed E-state index contributed by atoms with van der Waals surface area (Å²) in [5.41, 5.74) is 3.36. The summed E-state index contributed by atoms with van der Waals surface area (Å²) in [5, 5.41) is 13.8. The predicted octanol–water partition coefficient (Wildman–Crippen LogP) is 4.82. The molecular formula is C22H29NO2. The zero-order chi connectivity index (χ0) is 18.8. The normalized spacial score (nSPS) is 13.4. The predicted molar refractivity (Wildman–Crippen MR) is 103 cm³/mol. The molecule has 2 rings (SSSR count). The Morgan fingerprint density at radius 2 is 1.36 bits per heavy atom. The van der Waals surface area contributed by atoms with Crippen molar-refractivity contribution in [3.8, 4) is 5.75 Å². The number of rotatable bonds is 4. The van der Waals surface area contributed by atoms with Crippen molar-refractivity contribution >= 4 is 6.41 Å². The lowest BCUT2D eigenvalue weighted by atomic mass is 9.77. The Labute approximate surface area is 151 Å². The van der Waals surface area contributed by atoms with E-state index in [0.717, 1.165) is 28.7 Å². The van der Waals surface area contributed by atoms with E-state index in [-0.39, 0.29) is 16.9 Å². The highest BCUT2D eigenvalue weighted by molar-refractivity contribution is 5.55. The van der Waals surface area contributed by atoms with Crippen molar-refractivity contribution in [1.29, 1.82) is 0 Å². The van der Waals surface area contributed by atoms with Gasteiger partial charge in [-0.3, -0.25) is 4.79 Å². The van der Waals surface area contributed by atoms with Gasteiger partial charge in [0.1, 0.15) is 5.75 Å². The van der Waals surface area contributed by atoms with E-state index in [9.17, 15) is 9.90 Å². The lowest BCUT2D eigenvalue weighted by Crippen LogP contribution is -2.24. The fourth-order valence-corrected chi connectivity index (χ4v) is 3.07. The van der Waals surface area contributed by atoms with E-state index in [4.69, 9.17) is 0 Å². The van der Waals surface area contributed by atoms with Gasteiger partial charge in [-0.05, 0) is 45.2 Å². The molecule has 0 aliphatic carbocycles. The number of nitrogens with one attached hydrogen (secondary N) is 1. The van der Waals surface area contributed by atoms with E-state index < -0.39 is 0 Å². The van der Waals surface area contributed by atoms with Gasteiger partial charge in [-0.1, -0.05) is 71.9 Å². The van der Waals surface area contributed by atoms with Gasteiger partial charge in [-0.15, -0.1) is 0 Å². The van der Waals surface area contributed by atoms with Gasteiger partial charge in [0, 0.05) is 0 Å². The van der Waals surface area contributed by atoms with Gasteiger partial charge < -0.3 is 10.4 Å². The molecule has 2 aromatic rings. The van der Waals surface area contributed by atoms with E-state index in [1.165, 1.54) is 0 Å². The summed E-state index contributed by atoms with van der Waals surface area (Å²) in [4.78, 5) is 11.2. The second-order valence-corrected chi connectivity index (χ2v) is 8.59. The molecule has 0 bridgehead atoms. The first-order chi connectivity index (χ1) is 11.6. The first kappa shape index (κ1) is 19.0. The van der Waals surface area contributed by atoms with Crippen molar-refractivity contribution in [2.45, 2.75) is 58.4 Å². The van der Waals surface area contributed by atoms with Crippen LogP contribution in [0.3, 0.4) is 0 Å². The van der Waals surface area contributed by atoms with Gasteiger partial charge in [0.2, 0.25) is 6.41 Å². The number of benzene rings is 2. The number of phenols is 1. The maximum absolute atomic E-state index is 11.2. The number of amides is 1. The van der Waals surface area contributed by atoms with Crippen LogP contribution in [0.25, 0.3) is 0 Å². The summed E-state index contributed by atoms with van der Waals surface area (Å²) in [6.07, 6.45) is 0.734. The number of hydrogen-bond acceptors (Lipinski definition) is 2. The largest absolute Gasteiger partial charge is 0.507 e. The second-order valence-electron chi connectivity index (χ2n) is 8.59. The molecule has 1 unspecified atom stereocenters. The topological polar surface area (TPSA) is 49.3 Å². The highest BCUT2D eigenvalue weighted by atomic mass is 16.3. The molecule has 3 heteroatoms. The highest BCUT2D eigenvalue weighted by Crippen LogP contribution is 2.41. The fraction of sp³-hybridized carbons (Fsp3) is 0.409. The van der Waals surface area contributed by atoms with E-state index in [1.807, 2.05) is 42.5 Å². The van der Waals surface area contributed by atoms with Gasteiger partial charge >= 0.3 is 0 Å². The summed E-state index contributed by atoms with van der Waals surface area (Å²) in [7, 11) is 0. The third-order valence-corrected chi connectivity index (χ3v) is 4.45. The first-order valence-electron chi connectivity index (χ1n) is 8.68. The van der Waals surface area contributed by atoms with Gasteiger partial charge in [0.15, 0.2) is 0 Å². The second kappa shape index (κ2) is 6.91. The number of carbonyl (C=O) groups is 1. The Kier molecular flexibility index (Phi) is 5.26. The average Bonchev–Trinajstić information content (AvgIpc) is 2.51. The third-order valence-electron chi connectivity index (χ3n) is 4.45. The van der Waals surface area contributed by atoms with Crippen molar-refractivity contribution in [1.82, 2.24) is 5.32 Å². The summed E-state index contributed by atoms with van der Waals surface area (Å²) in [5.74, 6) is 0.349. The molecule has 0 saturated heterocycles. The van der Waals surface area contributed by atoms with E-state index in [2.05, 4.69) is 46.9 Å². The Bertz CT molecular complexity index is 702. The lowest BCUT2D eigenvalue weighted by molar-refractivity contribution is -0.110. The lowest BCUT2D eigenvalue weighted by Gasteiger charge is -2.30. The molecule has 0 aliphatic heterocycles. The molecule has 1 amide bonds. The zero-order valence-corrected chi connectivity index (χ0v) is 16.1. The minimum Gasteiger partial charge on any atom is -0.507 e. The van der Waals surface area contributed by atoms with Crippen LogP contribution in [-0.2, 0) is 15.6 Å². The van der Waals surface area contributed by atoms with Crippen molar-refractivity contribution in [3.05, 3.63) is 64.7 Å². The molecule has 25 heavy (non-hydrogen) atoms. The molecule has 2 aromatic carbocycles. The van der Waals surface area contributed by atoms with Crippen molar-refractivity contribution < 1.29 is 9.90 Å². The van der Waals surface area contributed by atoms with Crippen LogP contribution in [0.2, 0.25) is 0 Å². The van der Waals surface area contributed by atoms with Crippen LogP contribution >= 0.6 is 0 Å². The average molecular weight is 339 g/mol. The van der Waals surface area contributed by atoms with Crippen molar-refractivity contribution in [3.63, 3.8) is 0 Å². The highest BCUT2D eigenvalue weighted by Gasteiger charge is 2.28. The SMILES string of the molecule is CC(C)(C)c1cc(C(NC=O)c2ccccc2)cc(C(C)(C)C)c1O. The van der Waals surface area contributed by atoms with Gasteiger partial charge in [0.25, 0.3) is 0 Å². The van der Waals surface area contributed by atoms with Gasteiger partial charge in [0.05, 0.1) is 6.04 Å². The van der Waals surface area contributed by atoms with Gasteiger partial charge in [-0.2, -0.15) is 0 Å². The van der Waals surface area contributed by atoms with Crippen molar-refractivity contribution in [2.24, 2.45) is 0 Å². The Balaban J connectivity index is 2.72. The smallest absolute Gasteiger partial charge is 0.207 e. The van der Waals surface area contributed by atoms with Crippen LogP contribution in [-0.4, -0.2) is 11.5 Å². The maximum atomic E-state index is 11.2. The Morgan fingerprint density at radius 1 is 0.880 bits per heavy atom. The number of phenolic OH excluding ortho intramolecular Hbond substituents is 1.